The standard InChI is InChI=1S/C28H28N8O/c1-16-6-9-20-12-19(8-11-23(20)34-16)7-10-22-13-21(14-24(35-22)36-28(37)18(3)30-4)26-27(31-5)25(17(2)29)32-15-33-26/h6,8-9,11-15,18,29-31H,1-5H3,(H,35,36,37). The topological polar surface area (TPSA) is 129 Å². The molecule has 0 radical (unpaired) electrons. The van der Waals surface area contributed by atoms with Crippen LogP contribution in [0.15, 0.2) is 48.8 Å². The quantitative estimate of drug-likeness (QED) is 0.238. The molecule has 186 valence electrons. The molecule has 0 saturated heterocycles. The van der Waals surface area contributed by atoms with Gasteiger partial charge in [0.05, 0.1) is 28.7 Å². The highest BCUT2D eigenvalue weighted by Gasteiger charge is 2.17. The Bertz CT molecular complexity index is 1570. The molecular formula is C28H28N8O. The van der Waals surface area contributed by atoms with E-state index >= 15 is 0 Å². The van der Waals surface area contributed by atoms with Gasteiger partial charge >= 0.3 is 0 Å². The number of aromatic nitrogens is 4. The number of likely N-dealkylation sites (N-methyl/N-ethyl adjacent to an activating group) is 1. The molecule has 0 spiro atoms. The third-order valence-corrected chi connectivity index (χ3v) is 5.79. The normalized spacial score (nSPS) is 11.4. The van der Waals surface area contributed by atoms with E-state index in [1.807, 2.05) is 43.3 Å². The summed E-state index contributed by atoms with van der Waals surface area (Å²) in [5.41, 5.74) is 5.81. The first-order valence-electron chi connectivity index (χ1n) is 11.8. The molecule has 0 aliphatic carbocycles. The molecule has 3 heterocycles. The first-order valence-corrected chi connectivity index (χ1v) is 11.8. The Morgan fingerprint density at radius 3 is 2.57 bits per heavy atom. The van der Waals surface area contributed by atoms with E-state index in [0.29, 0.717) is 39.9 Å². The number of carbonyl (C=O) groups is 1. The van der Waals surface area contributed by atoms with Crippen LogP contribution >= 0.6 is 0 Å². The number of hydrogen-bond acceptors (Lipinski definition) is 8. The van der Waals surface area contributed by atoms with Gasteiger partial charge in [0.1, 0.15) is 23.5 Å². The van der Waals surface area contributed by atoms with E-state index in [9.17, 15) is 4.79 Å². The van der Waals surface area contributed by atoms with Gasteiger partial charge in [-0.1, -0.05) is 12.0 Å². The smallest absolute Gasteiger partial charge is 0.242 e. The third kappa shape index (κ3) is 5.77. The van der Waals surface area contributed by atoms with Crippen LogP contribution < -0.4 is 16.0 Å². The number of anilines is 2. The first-order chi connectivity index (χ1) is 17.8. The van der Waals surface area contributed by atoms with Crippen LogP contribution in [0.25, 0.3) is 22.2 Å². The van der Waals surface area contributed by atoms with Crippen molar-refractivity contribution in [2.24, 2.45) is 0 Å². The summed E-state index contributed by atoms with van der Waals surface area (Å²) < 4.78 is 0. The lowest BCUT2D eigenvalue weighted by molar-refractivity contribution is -0.117. The number of rotatable bonds is 6. The molecule has 0 fully saturated rings. The number of aryl methyl sites for hydroxylation is 1. The van der Waals surface area contributed by atoms with Gasteiger partial charge in [0.15, 0.2) is 0 Å². The van der Waals surface area contributed by atoms with Crippen LogP contribution in [0.3, 0.4) is 0 Å². The fourth-order valence-corrected chi connectivity index (χ4v) is 3.73. The van der Waals surface area contributed by atoms with E-state index in [2.05, 4.69) is 47.7 Å². The molecule has 0 saturated carbocycles. The number of carbonyl (C=O) groups excluding carboxylic acids is 1. The van der Waals surface area contributed by atoms with Gasteiger partial charge < -0.3 is 21.4 Å². The van der Waals surface area contributed by atoms with E-state index in [0.717, 1.165) is 22.2 Å². The van der Waals surface area contributed by atoms with Crippen molar-refractivity contribution < 1.29 is 4.79 Å². The maximum absolute atomic E-state index is 12.6. The molecule has 0 aliphatic heterocycles. The number of pyridine rings is 2. The Labute approximate surface area is 215 Å². The highest BCUT2D eigenvalue weighted by atomic mass is 16.2. The summed E-state index contributed by atoms with van der Waals surface area (Å²) in [4.78, 5) is 30.4. The zero-order valence-electron chi connectivity index (χ0n) is 21.4. The Balaban J connectivity index is 1.81. The van der Waals surface area contributed by atoms with Gasteiger partial charge in [-0.05, 0) is 70.1 Å². The van der Waals surface area contributed by atoms with Crippen molar-refractivity contribution in [3.8, 4) is 23.1 Å². The zero-order valence-corrected chi connectivity index (χ0v) is 21.4. The minimum Gasteiger partial charge on any atom is -0.385 e. The maximum atomic E-state index is 12.6. The fraction of sp³-hybridized carbons (Fsp3) is 0.214. The van der Waals surface area contributed by atoms with E-state index < -0.39 is 6.04 Å². The Morgan fingerprint density at radius 2 is 1.84 bits per heavy atom. The summed E-state index contributed by atoms with van der Waals surface area (Å²) >= 11 is 0. The van der Waals surface area contributed by atoms with Crippen LogP contribution in [0.5, 0.6) is 0 Å². The second kappa shape index (κ2) is 10.9. The summed E-state index contributed by atoms with van der Waals surface area (Å²) in [5.74, 6) is 6.42. The summed E-state index contributed by atoms with van der Waals surface area (Å²) in [6, 6.07) is 13.0. The van der Waals surface area contributed by atoms with Crippen molar-refractivity contribution in [2.45, 2.75) is 26.8 Å². The monoisotopic (exact) mass is 492 g/mol. The van der Waals surface area contributed by atoms with Crippen molar-refractivity contribution in [3.63, 3.8) is 0 Å². The molecule has 4 rings (SSSR count). The van der Waals surface area contributed by atoms with Crippen LogP contribution in [0.4, 0.5) is 11.5 Å². The molecule has 1 unspecified atom stereocenters. The third-order valence-electron chi connectivity index (χ3n) is 5.79. The van der Waals surface area contributed by atoms with Gasteiger partial charge in [-0.15, -0.1) is 0 Å². The molecule has 0 aliphatic rings. The Morgan fingerprint density at radius 1 is 1.03 bits per heavy atom. The number of nitrogens with one attached hydrogen (secondary N) is 4. The van der Waals surface area contributed by atoms with Gasteiger partial charge in [-0.25, -0.2) is 15.0 Å². The zero-order chi connectivity index (χ0) is 26.5. The molecule has 0 bridgehead atoms. The van der Waals surface area contributed by atoms with Crippen LogP contribution in [0.2, 0.25) is 0 Å². The Kier molecular flexibility index (Phi) is 7.51. The second-order valence-electron chi connectivity index (χ2n) is 8.56. The number of nitrogens with zero attached hydrogens (tertiary/aromatic N) is 4. The minimum absolute atomic E-state index is 0.226. The van der Waals surface area contributed by atoms with E-state index in [1.165, 1.54) is 6.33 Å². The molecule has 4 N–H and O–H groups in total. The molecule has 4 aromatic rings. The van der Waals surface area contributed by atoms with E-state index in [4.69, 9.17) is 5.41 Å². The fourth-order valence-electron chi connectivity index (χ4n) is 3.73. The number of benzene rings is 1. The van der Waals surface area contributed by atoms with Gasteiger partial charge in [-0.2, -0.15) is 0 Å². The van der Waals surface area contributed by atoms with Crippen molar-refractivity contribution in [3.05, 3.63) is 71.4 Å². The van der Waals surface area contributed by atoms with Crippen LogP contribution in [-0.2, 0) is 4.79 Å². The van der Waals surface area contributed by atoms with Gasteiger partial charge in [0.25, 0.3) is 0 Å². The second-order valence-corrected chi connectivity index (χ2v) is 8.56. The molecule has 1 atom stereocenters. The summed E-state index contributed by atoms with van der Waals surface area (Å²) in [7, 11) is 3.47. The van der Waals surface area contributed by atoms with Gasteiger partial charge in [0, 0.05) is 29.3 Å². The van der Waals surface area contributed by atoms with Gasteiger partial charge in [0.2, 0.25) is 5.91 Å². The molecule has 37 heavy (non-hydrogen) atoms. The molecule has 9 heteroatoms. The molecular weight excluding hydrogens is 464 g/mol. The molecule has 3 aromatic heterocycles. The van der Waals surface area contributed by atoms with E-state index in [-0.39, 0.29) is 5.91 Å². The average Bonchev–Trinajstić information content (AvgIpc) is 2.90. The number of amides is 1. The summed E-state index contributed by atoms with van der Waals surface area (Å²) in [5, 5.41) is 18.0. The average molecular weight is 493 g/mol. The van der Waals surface area contributed by atoms with Crippen LogP contribution in [0, 0.1) is 24.2 Å². The van der Waals surface area contributed by atoms with Crippen molar-refractivity contribution >= 4 is 34.0 Å². The lowest BCUT2D eigenvalue weighted by atomic mass is 10.1. The van der Waals surface area contributed by atoms with Crippen molar-refractivity contribution in [2.75, 3.05) is 24.7 Å². The maximum Gasteiger partial charge on any atom is 0.242 e. The molecule has 1 amide bonds. The van der Waals surface area contributed by atoms with Crippen LogP contribution in [0.1, 0.15) is 36.5 Å². The highest BCUT2D eigenvalue weighted by molar-refractivity contribution is 6.02. The summed E-state index contributed by atoms with van der Waals surface area (Å²) in [6.07, 6.45) is 1.42. The number of fused-ring (bicyclic) bond motifs is 1. The largest absolute Gasteiger partial charge is 0.385 e. The molecule has 1 aromatic carbocycles. The van der Waals surface area contributed by atoms with Crippen LogP contribution in [-0.4, -0.2) is 51.7 Å². The highest BCUT2D eigenvalue weighted by Crippen LogP contribution is 2.29. The lowest BCUT2D eigenvalue weighted by Crippen LogP contribution is -2.35. The van der Waals surface area contributed by atoms with Gasteiger partial charge in [-0.3, -0.25) is 9.78 Å². The predicted molar refractivity (Wildman–Crippen MR) is 147 cm³/mol. The van der Waals surface area contributed by atoms with E-state index in [1.54, 1.807) is 34.0 Å². The molecule has 9 nitrogen and oxygen atoms in total. The summed E-state index contributed by atoms with van der Waals surface area (Å²) in [6.45, 7) is 5.39. The minimum atomic E-state index is -0.408. The lowest BCUT2D eigenvalue weighted by Gasteiger charge is -2.14. The SMILES string of the molecule is CNc1c(C(C)=N)ncnc1-c1cc(C#Cc2ccc3nc(C)ccc3c2)nc(NC(=O)C(C)NC)c1. The van der Waals surface area contributed by atoms with Crippen molar-refractivity contribution in [1.29, 1.82) is 5.41 Å². The van der Waals surface area contributed by atoms with Crippen molar-refractivity contribution in [1.82, 2.24) is 25.3 Å². The predicted octanol–water partition coefficient (Wildman–Crippen LogP) is 3.77. The number of hydrogen-bond donors (Lipinski definition) is 4. The first kappa shape index (κ1) is 25.4. The Hall–Kier alpha value is -4.68.